The number of hydrogen-bond donors (Lipinski definition) is 0. The highest BCUT2D eigenvalue weighted by atomic mass is 79.9. The predicted molar refractivity (Wildman–Crippen MR) is 65.3 cm³/mol. The summed E-state index contributed by atoms with van der Waals surface area (Å²) in [6.45, 7) is 2.07. The molecule has 1 aliphatic carbocycles. The molecule has 0 saturated heterocycles. The zero-order valence-electron chi connectivity index (χ0n) is 8.02. The first kappa shape index (κ1) is 10.5. The summed E-state index contributed by atoms with van der Waals surface area (Å²) < 4.78 is 7.08. The van der Waals surface area contributed by atoms with Gasteiger partial charge in [0.1, 0.15) is 11.4 Å². The van der Waals surface area contributed by atoms with Crippen LogP contribution < -0.4 is 4.74 Å². The van der Waals surface area contributed by atoms with Gasteiger partial charge < -0.3 is 4.74 Å². The number of aryl methyl sites for hydroxylation is 1. The number of alkyl halides is 1. The molecule has 0 N–H and O–H groups in total. The minimum Gasteiger partial charge on any atom is -0.486 e. The van der Waals surface area contributed by atoms with Crippen molar-refractivity contribution >= 4 is 31.9 Å². The molecule has 1 aromatic rings. The van der Waals surface area contributed by atoms with Gasteiger partial charge >= 0.3 is 0 Å². The molecule has 2 rings (SSSR count). The van der Waals surface area contributed by atoms with Crippen LogP contribution in [0.4, 0.5) is 0 Å². The average molecular weight is 320 g/mol. The maximum Gasteiger partial charge on any atom is 0.123 e. The lowest BCUT2D eigenvalue weighted by atomic mass is 10.2. The molecule has 14 heavy (non-hydrogen) atoms. The van der Waals surface area contributed by atoms with Gasteiger partial charge in [-0.2, -0.15) is 0 Å². The molecule has 0 aliphatic heterocycles. The van der Waals surface area contributed by atoms with Crippen molar-refractivity contribution in [2.24, 2.45) is 0 Å². The Labute approximate surface area is 101 Å². The molecule has 1 saturated carbocycles. The van der Waals surface area contributed by atoms with E-state index in [1.165, 1.54) is 5.56 Å². The van der Waals surface area contributed by atoms with Crippen molar-refractivity contribution in [1.29, 1.82) is 0 Å². The molecular weight excluding hydrogens is 308 g/mol. The van der Waals surface area contributed by atoms with Crippen molar-refractivity contribution in [1.82, 2.24) is 0 Å². The number of halogens is 2. The Balaban J connectivity index is 2.17. The van der Waals surface area contributed by atoms with Crippen LogP contribution in [0.5, 0.6) is 5.75 Å². The van der Waals surface area contributed by atoms with E-state index in [1.54, 1.807) is 0 Å². The standard InChI is InChI=1S/C11H12Br2O/c1-8-6-9(13)2-3-10(8)14-11(7-12)4-5-11/h2-3,6H,4-5,7H2,1H3. The van der Waals surface area contributed by atoms with E-state index in [-0.39, 0.29) is 5.60 Å². The van der Waals surface area contributed by atoms with E-state index in [2.05, 4.69) is 44.8 Å². The molecule has 0 heterocycles. The van der Waals surface area contributed by atoms with Gasteiger partial charge in [-0.25, -0.2) is 0 Å². The summed E-state index contributed by atoms with van der Waals surface area (Å²) in [5.74, 6) is 1.00. The Hall–Kier alpha value is -0.0200. The van der Waals surface area contributed by atoms with Crippen LogP contribution >= 0.6 is 31.9 Å². The third kappa shape index (κ3) is 2.14. The van der Waals surface area contributed by atoms with Crippen molar-refractivity contribution in [3.05, 3.63) is 28.2 Å². The lowest BCUT2D eigenvalue weighted by molar-refractivity contribution is 0.205. The number of hydrogen-bond acceptors (Lipinski definition) is 1. The molecule has 1 aromatic carbocycles. The summed E-state index contributed by atoms with van der Waals surface area (Å²) in [5, 5.41) is 0.926. The lowest BCUT2D eigenvalue weighted by Crippen LogP contribution is -2.19. The van der Waals surface area contributed by atoms with Gasteiger partial charge in [-0.3, -0.25) is 0 Å². The van der Waals surface area contributed by atoms with Crippen molar-refractivity contribution in [3.8, 4) is 5.75 Å². The Morgan fingerprint density at radius 3 is 2.64 bits per heavy atom. The van der Waals surface area contributed by atoms with Gasteiger partial charge in [0, 0.05) is 9.80 Å². The molecule has 0 bridgehead atoms. The van der Waals surface area contributed by atoms with Crippen LogP contribution in [-0.4, -0.2) is 10.9 Å². The fourth-order valence-corrected chi connectivity index (χ4v) is 2.51. The second kappa shape index (κ2) is 3.86. The zero-order valence-corrected chi connectivity index (χ0v) is 11.2. The molecule has 1 aliphatic rings. The van der Waals surface area contributed by atoms with E-state index in [1.807, 2.05) is 12.1 Å². The average Bonchev–Trinajstić information content (AvgIpc) is 2.91. The number of benzene rings is 1. The molecule has 0 radical (unpaired) electrons. The largest absolute Gasteiger partial charge is 0.486 e. The summed E-state index contributed by atoms with van der Waals surface area (Å²) in [5.41, 5.74) is 1.27. The molecule has 3 heteroatoms. The van der Waals surface area contributed by atoms with Gasteiger partial charge in [0.15, 0.2) is 0 Å². The van der Waals surface area contributed by atoms with Gasteiger partial charge in [-0.15, -0.1) is 0 Å². The topological polar surface area (TPSA) is 9.23 Å². The first-order valence-corrected chi connectivity index (χ1v) is 6.58. The van der Waals surface area contributed by atoms with Crippen LogP contribution in [0.1, 0.15) is 18.4 Å². The Bertz CT molecular complexity index is 345. The number of ether oxygens (including phenoxy) is 1. The Morgan fingerprint density at radius 1 is 1.43 bits per heavy atom. The summed E-state index contributed by atoms with van der Waals surface area (Å²) in [6.07, 6.45) is 2.32. The van der Waals surface area contributed by atoms with Gasteiger partial charge in [0.25, 0.3) is 0 Å². The minimum absolute atomic E-state index is 0.0819. The van der Waals surface area contributed by atoms with E-state index in [4.69, 9.17) is 4.74 Å². The van der Waals surface area contributed by atoms with Crippen LogP contribution in [-0.2, 0) is 0 Å². The van der Waals surface area contributed by atoms with Crippen LogP contribution in [0.25, 0.3) is 0 Å². The summed E-state index contributed by atoms with van der Waals surface area (Å²) in [4.78, 5) is 0. The van der Waals surface area contributed by atoms with Crippen LogP contribution in [0.2, 0.25) is 0 Å². The van der Waals surface area contributed by atoms with E-state index in [0.717, 1.165) is 28.4 Å². The Kier molecular flexibility index (Phi) is 2.89. The molecule has 0 amide bonds. The predicted octanol–water partition coefficient (Wildman–Crippen LogP) is 4.06. The summed E-state index contributed by atoms with van der Waals surface area (Å²) in [7, 11) is 0. The Morgan fingerprint density at radius 2 is 2.14 bits per heavy atom. The van der Waals surface area contributed by atoms with E-state index < -0.39 is 0 Å². The van der Waals surface area contributed by atoms with Crippen LogP contribution in [0, 0.1) is 6.92 Å². The van der Waals surface area contributed by atoms with Crippen molar-refractivity contribution in [3.63, 3.8) is 0 Å². The molecule has 0 spiro atoms. The highest BCUT2D eigenvalue weighted by molar-refractivity contribution is 9.10. The molecular formula is C11H12Br2O. The highest BCUT2D eigenvalue weighted by Gasteiger charge is 2.44. The smallest absolute Gasteiger partial charge is 0.123 e. The van der Waals surface area contributed by atoms with Crippen molar-refractivity contribution in [2.45, 2.75) is 25.4 Å². The normalized spacial score (nSPS) is 17.9. The molecule has 0 aromatic heterocycles. The van der Waals surface area contributed by atoms with Crippen molar-refractivity contribution in [2.75, 3.05) is 5.33 Å². The number of rotatable bonds is 3. The van der Waals surface area contributed by atoms with Gasteiger partial charge in [-0.1, -0.05) is 31.9 Å². The second-order valence-corrected chi connectivity index (χ2v) is 5.30. The van der Waals surface area contributed by atoms with Crippen LogP contribution in [0.15, 0.2) is 22.7 Å². The molecule has 0 atom stereocenters. The second-order valence-electron chi connectivity index (χ2n) is 3.83. The van der Waals surface area contributed by atoms with E-state index >= 15 is 0 Å². The van der Waals surface area contributed by atoms with Gasteiger partial charge in [0.2, 0.25) is 0 Å². The molecule has 0 unspecified atom stereocenters. The van der Waals surface area contributed by atoms with Crippen molar-refractivity contribution < 1.29 is 4.74 Å². The fourth-order valence-electron chi connectivity index (χ4n) is 1.36. The minimum atomic E-state index is 0.0819. The van der Waals surface area contributed by atoms with Crippen LogP contribution in [0.3, 0.4) is 0 Å². The molecule has 1 nitrogen and oxygen atoms in total. The first-order chi connectivity index (χ1) is 6.65. The monoisotopic (exact) mass is 318 g/mol. The van der Waals surface area contributed by atoms with E-state index in [9.17, 15) is 0 Å². The van der Waals surface area contributed by atoms with Gasteiger partial charge in [0.05, 0.1) is 0 Å². The third-order valence-electron chi connectivity index (χ3n) is 2.51. The maximum atomic E-state index is 5.98. The zero-order chi connectivity index (χ0) is 10.2. The van der Waals surface area contributed by atoms with Gasteiger partial charge in [-0.05, 0) is 43.5 Å². The first-order valence-electron chi connectivity index (χ1n) is 4.66. The fraction of sp³-hybridized carbons (Fsp3) is 0.455. The maximum absolute atomic E-state index is 5.98. The lowest BCUT2D eigenvalue weighted by Gasteiger charge is -2.17. The quantitative estimate of drug-likeness (QED) is 0.763. The molecule has 1 fully saturated rings. The summed E-state index contributed by atoms with van der Waals surface area (Å²) >= 11 is 6.94. The SMILES string of the molecule is Cc1cc(Br)ccc1OC1(CBr)CC1. The summed E-state index contributed by atoms with van der Waals surface area (Å²) in [6, 6.07) is 6.13. The van der Waals surface area contributed by atoms with E-state index in [0.29, 0.717) is 0 Å². The highest BCUT2D eigenvalue weighted by Crippen LogP contribution is 2.42. The third-order valence-corrected chi connectivity index (χ3v) is 4.03. The molecule has 76 valence electrons.